The normalized spacial score (nSPS) is 17.8. The van der Waals surface area contributed by atoms with Gasteiger partial charge in [-0.2, -0.15) is 0 Å². The van der Waals surface area contributed by atoms with Crippen molar-refractivity contribution in [3.05, 3.63) is 89.2 Å². The molecule has 210 valence electrons. The highest BCUT2D eigenvalue weighted by Gasteiger charge is 2.34. The van der Waals surface area contributed by atoms with E-state index in [-0.39, 0.29) is 41.8 Å². The lowest BCUT2D eigenvalue weighted by molar-refractivity contribution is 0.0343. The molecule has 0 saturated carbocycles. The second kappa shape index (κ2) is 12.7. The Hall–Kier alpha value is -4.28. The molecule has 0 fully saturated rings. The first-order chi connectivity index (χ1) is 19.2. The maximum atomic E-state index is 13.7. The predicted molar refractivity (Wildman–Crippen MR) is 150 cm³/mol. The van der Waals surface area contributed by atoms with E-state index in [1.54, 1.807) is 66.4 Å². The molecule has 40 heavy (non-hydrogen) atoms. The number of likely N-dealkylation sites (N-methyl/N-ethyl adjacent to an activating group) is 1. The number of hydrogen-bond acceptors (Lipinski definition) is 7. The number of aromatic carboxylic acids is 1. The number of rotatable bonds is 9. The molecule has 0 spiro atoms. The Morgan fingerprint density at radius 1 is 1.12 bits per heavy atom. The summed E-state index contributed by atoms with van der Waals surface area (Å²) in [7, 11) is 1.94. The summed E-state index contributed by atoms with van der Waals surface area (Å²) in [6, 6.07) is 14.6. The van der Waals surface area contributed by atoms with Gasteiger partial charge in [-0.3, -0.25) is 19.5 Å². The first-order valence-electron chi connectivity index (χ1n) is 13.1. The van der Waals surface area contributed by atoms with Crippen LogP contribution in [0, 0.1) is 5.92 Å². The summed E-state index contributed by atoms with van der Waals surface area (Å²) in [6.07, 6.45) is 2.69. The topological polar surface area (TPSA) is 132 Å². The van der Waals surface area contributed by atoms with Crippen LogP contribution in [0.1, 0.15) is 50.5 Å². The number of carbonyl (C=O) groups excluding carboxylic acids is 2. The summed E-state index contributed by atoms with van der Waals surface area (Å²) in [5.74, 6) is -1.46. The van der Waals surface area contributed by atoms with E-state index in [0.717, 1.165) is 5.56 Å². The van der Waals surface area contributed by atoms with Crippen LogP contribution in [0.2, 0.25) is 0 Å². The van der Waals surface area contributed by atoms with Crippen LogP contribution in [-0.2, 0) is 6.54 Å². The molecule has 0 saturated heterocycles. The van der Waals surface area contributed by atoms with Crippen LogP contribution in [0.4, 0.5) is 5.69 Å². The van der Waals surface area contributed by atoms with Crippen LogP contribution < -0.4 is 10.1 Å². The number of aliphatic hydroxyl groups excluding tert-OH is 1. The van der Waals surface area contributed by atoms with Crippen molar-refractivity contribution in [1.82, 2.24) is 14.8 Å². The molecule has 3 aromatic rings. The number of nitrogens with zero attached hydrogens (tertiary/aromatic N) is 3. The minimum absolute atomic E-state index is 0.119. The third kappa shape index (κ3) is 6.64. The fraction of sp³-hybridized carbons (Fsp3) is 0.333. The number of aliphatic hydroxyl groups is 1. The number of nitrogens with one attached hydrogen (secondary N) is 1. The molecule has 2 amide bonds. The monoisotopic (exact) mass is 546 g/mol. The molecule has 0 unspecified atom stereocenters. The Labute approximate surface area is 233 Å². The molecular weight excluding hydrogens is 512 g/mol. The summed E-state index contributed by atoms with van der Waals surface area (Å²) >= 11 is 0. The summed E-state index contributed by atoms with van der Waals surface area (Å²) in [4.78, 5) is 45.5. The Morgan fingerprint density at radius 3 is 2.48 bits per heavy atom. The minimum Gasteiger partial charge on any atom is -0.486 e. The van der Waals surface area contributed by atoms with E-state index in [0.29, 0.717) is 36.4 Å². The lowest BCUT2D eigenvalue weighted by Crippen LogP contribution is -2.49. The highest BCUT2D eigenvalue weighted by atomic mass is 16.5. The lowest BCUT2D eigenvalue weighted by atomic mass is 9.98. The number of pyridine rings is 1. The zero-order chi connectivity index (χ0) is 28.8. The molecular formula is C30H34N4O6. The third-order valence-electron chi connectivity index (χ3n) is 7.03. The molecule has 0 bridgehead atoms. The van der Waals surface area contributed by atoms with E-state index < -0.39 is 12.0 Å². The number of carboxylic acids is 1. The van der Waals surface area contributed by atoms with Gasteiger partial charge in [0.2, 0.25) is 0 Å². The number of carboxylic acid groups (broad SMARTS) is 1. The Bertz CT molecular complexity index is 1350. The van der Waals surface area contributed by atoms with Gasteiger partial charge in [0.25, 0.3) is 11.8 Å². The van der Waals surface area contributed by atoms with Crippen LogP contribution in [0.15, 0.2) is 67.0 Å². The first kappa shape index (κ1) is 28.7. The molecule has 1 aliphatic rings. The van der Waals surface area contributed by atoms with Crippen LogP contribution >= 0.6 is 0 Å². The molecule has 0 aliphatic carbocycles. The molecule has 3 N–H and O–H groups in total. The molecule has 2 heterocycles. The van der Waals surface area contributed by atoms with Gasteiger partial charge in [-0.25, -0.2) is 4.79 Å². The quantitative estimate of drug-likeness (QED) is 0.372. The number of fused-ring (bicyclic) bond motifs is 1. The minimum atomic E-state index is -0.974. The van der Waals surface area contributed by atoms with Gasteiger partial charge >= 0.3 is 5.97 Å². The zero-order valence-corrected chi connectivity index (χ0v) is 22.8. The largest absolute Gasteiger partial charge is 0.486 e. The van der Waals surface area contributed by atoms with Crippen molar-refractivity contribution in [3.63, 3.8) is 0 Å². The van der Waals surface area contributed by atoms with Gasteiger partial charge in [0, 0.05) is 43.5 Å². The molecule has 1 aromatic heterocycles. The number of aromatic nitrogens is 1. The standard InChI is InChI=1S/C30H34N4O6/c1-19-15-34(20(2)18-35)29(37)24-5-4-6-25(32-28(36)22-11-13-31-14-12-22)27(24)40-26(19)17-33(3)16-21-7-9-23(10-8-21)30(38)39/h4-14,19-20,26,35H,15-18H2,1-3H3,(H,32,36)(H,38,39)/t19-,20-,26-/m1/s1. The van der Waals surface area contributed by atoms with Crippen molar-refractivity contribution in [3.8, 4) is 5.75 Å². The molecule has 2 aromatic carbocycles. The summed E-state index contributed by atoms with van der Waals surface area (Å²) in [5, 5.41) is 22.0. The van der Waals surface area contributed by atoms with Gasteiger partial charge in [0.1, 0.15) is 6.10 Å². The first-order valence-corrected chi connectivity index (χ1v) is 13.1. The van der Waals surface area contributed by atoms with Crippen LogP contribution in [-0.4, -0.2) is 81.7 Å². The van der Waals surface area contributed by atoms with Crippen molar-refractivity contribution in [2.24, 2.45) is 5.92 Å². The number of carbonyl (C=O) groups is 3. The van der Waals surface area contributed by atoms with Gasteiger partial charge in [0.05, 0.1) is 29.5 Å². The fourth-order valence-corrected chi connectivity index (χ4v) is 4.69. The fourth-order valence-electron chi connectivity index (χ4n) is 4.69. The summed E-state index contributed by atoms with van der Waals surface area (Å²) in [5.41, 5.74) is 2.26. The Kier molecular flexibility index (Phi) is 9.13. The molecule has 10 heteroatoms. The average Bonchev–Trinajstić information content (AvgIpc) is 2.95. The number of benzene rings is 2. The van der Waals surface area contributed by atoms with Crippen molar-refractivity contribution in [1.29, 1.82) is 0 Å². The number of amides is 2. The molecule has 10 nitrogen and oxygen atoms in total. The number of hydrogen-bond donors (Lipinski definition) is 3. The molecule has 0 radical (unpaired) electrons. The van der Waals surface area contributed by atoms with Crippen LogP contribution in [0.3, 0.4) is 0 Å². The van der Waals surface area contributed by atoms with Crippen molar-refractivity contribution < 1.29 is 29.3 Å². The van der Waals surface area contributed by atoms with Crippen molar-refractivity contribution >= 4 is 23.5 Å². The maximum absolute atomic E-state index is 13.7. The van der Waals surface area contributed by atoms with Crippen LogP contribution in [0.5, 0.6) is 5.75 Å². The lowest BCUT2D eigenvalue weighted by Gasteiger charge is -2.38. The summed E-state index contributed by atoms with van der Waals surface area (Å²) in [6.45, 7) is 5.01. The second-order valence-electron chi connectivity index (χ2n) is 10.2. The summed E-state index contributed by atoms with van der Waals surface area (Å²) < 4.78 is 6.55. The number of anilines is 1. The maximum Gasteiger partial charge on any atom is 0.335 e. The number of para-hydroxylation sites is 1. The van der Waals surface area contributed by atoms with Crippen molar-refractivity contribution in [2.75, 3.05) is 32.1 Å². The molecule has 3 atom stereocenters. The Balaban J connectivity index is 1.64. The second-order valence-corrected chi connectivity index (χ2v) is 10.2. The van der Waals surface area contributed by atoms with Gasteiger partial charge in [-0.05, 0) is 55.9 Å². The smallest absolute Gasteiger partial charge is 0.335 e. The van der Waals surface area contributed by atoms with E-state index in [2.05, 4.69) is 15.2 Å². The highest BCUT2D eigenvalue weighted by Crippen LogP contribution is 2.35. The Morgan fingerprint density at radius 2 is 1.82 bits per heavy atom. The van der Waals surface area contributed by atoms with E-state index in [1.165, 1.54) is 12.4 Å². The third-order valence-corrected chi connectivity index (χ3v) is 7.03. The molecule has 4 rings (SSSR count). The molecule has 1 aliphatic heterocycles. The SMILES string of the molecule is C[C@@H]1CN([C@H](C)CO)C(=O)c2cccc(NC(=O)c3ccncc3)c2O[C@@H]1CN(C)Cc1ccc(C(=O)O)cc1. The average molecular weight is 547 g/mol. The van der Waals surface area contributed by atoms with E-state index in [4.69, 9.17) is 4.74 Å². The van der Waals surface area contributed by atoms with Crippen molar-refractivity contribution in [2.45, 2.75) is 32.5 Å². The van der Waals surface area contributed by atoms with Gasteiger partial charge in [-0.1, -0.05) is 25.1 Å². The van der Waals surface area contributed by atoms with E-state index in [9.17, 15) is 24.6 Å². The van der Waals surface area contributed by atoms with E-state index >= 15 is 0 Å². The number of ether oxygens (including phenoxy) is 1. The van der Waals surface area contributed by atoms with Gasteiger partial charge in [0.15, 0.2) is 5.75 Å². The highest BCUT2D eigenvalue weighted by molar-refractivity contribution is 6.07. The van der Waals surface area contributed by atoms with Gasteiger partial charge < -0.3 is 25.2 Å². The van der Waals surface area contributed by atoms with Gasteiger partial charge in [-0.15, -0.1) is 0 Å². The zero-order valence-electron chi connectivity index (χ0n) is 22.8. The van der Waals surface area contributed by atoms with Crippen LogP contribution in [0.25, 0.3) is 0 Å². The van der Waals surface area contributed by atoms with E-state index in [1.807, 2.05) is 14.0 Å². The predicted octanol–water partition coefficient (Wildman–Crippen LogP) is 3.38.